The van der Waals surface area contributed by atoms with E-state index in [4.69, 9.17) is 11.6 Å². The molecule has 1 aliphatic heterocycles. The van der Waals surface area contributed by atoms with Crippen molar-refractivity contribution in [2.24, 2.45) is 5.92 Å². The monoisotopic (exact) mass is 383 g/mol. The van der Waals surface area contributed by atoms with Crippen molar-refractivity contribution in [2.45, 2.75) is 12.8 Å². The van der Waals surface area contributed by atoms with Crippen molar-refractivity contribution in [2.75, 3.05) is 23.3 Å². The standard InChI is InChI=1S/C18H18ClN7O/c19-14-6-7-16(20-12-14)21-17(27)13-8-10-25(11-9-13)18-22-23-24-26(18)15-4-2-1-3-5-15/h1-7,12-13H,8-11H2,(H,20,21,27). The average Bonchev–Trinajstić information content (AvgIpc) is 3.20. The van der Waals surface area contributed by atoms with E-state index in [2.05, 4.69) is 30.7 Å². The molecule has 3 heterocycles. The van der Waals surface area contributed by atoms with Gasteiger partial charge in [0.05, 0.1) is 10.7 Å². The van der Waals surface area contributed by atoms with Crippen LogP contribution in [0.1, 0.15) is 12.8 Å². The van der Waals surface area contributed by atoms with Crippen molar-refractivity contribution in [3.05, 3.63) is 53.7 Å². The van der Waals surface area contributed by atoms with E-state index in [1.54, 1.807) is 16.8 Å². The Morgan fingerprint density at radius 1 is 1.11 bits per heavy atom. The minimum absolute atomic E-state index is 0.0212. The van der Waals surface area contributed by atoms with Crippen molar-refractivity contribution < 1.29 is 4.79 Å². The fourth-order valence-corrected chi connectivity index (χ4v) is 3.25. The van der Waals surface area contributed by atoms with Gasteiger partial charge in [0.25, 0.3) is 0 Å². The third-order valence-corrected chi connectivity index (χ3v) is 4.80. The number of nitrogens with one attached hydrogen (secondary N) is 1. The molecule has 0 unspecified atom stereocenters. The largest absolute Gasteiger partial charge is 0.339 e. The van der Waals surface area contributed by atoms with E-state index in [1.807, 2.05) is 30.3 Å². The van der Waals surface area contributed by atoms with Crippen LogP contribution >= 0.6 is 11.6 Å². The summed E-state index contributed by atoms with van der Waals surface area (Å²) in [6.45, 7) is 1.42. The molecule has 1 amide bonds. The topological polar surface area (TPSA) is 88.8 Å². The number of aromatic nitrogens is 5. The molecule has 27 heavy (non-hydrogen) atoms. The summed E-state index contributed by atoms with van der Waals surface area (Å²) in [6.07, 6.45) is 2.96. The minimum atomic E-state index is -0.0696. The normalized spacial score (nSPS) is 14.9. The number of hydrogen-bond donors (Lipinski definition) is 1. The van der Waals surface area contributed by atoms with Gasteiger partial charge in [-0.15, -0.1) is 0 Å². The molecule has 0 aliphatic carbocycles. The van der Waals surface area contributed by atoms with E-state index in [1.165, 1.54) is 6.20 Å². The molecule has 0 saturated carbocycles. The molecule has 0 radical (unpaired) electrons. The summed E-state index contributed by atoms with van der Waals surface area (Å²) >= 11 is 5.82. The number of anilines is 2. The quantitative estimate of drug-likeness (QED) is 0.744. The second-order valence-corrected chi connectivity index (χ2v) is 6.77. The zero-order chi connectivity index (χ0) is 18.6. The highest BCUT2D eigenvalue weighted by molar-refractivity contribution is 6.30. The Morgan fingerprint density at radius 2 is 1.89 bits per heavy atom. The maximum Gasteiger partial charge on any atom is 0.250 e. The maximum atomic E-state index is 12.5. The molecular formula is C18H18ClN7O. The van der Waals surface area contributed by atoms with E-state index in [0.29, 0.717) is 29.9 Å². The van der Waals surface area contributed by atoms with Gasteiger partial charge in [0, 0.05) is 25.2 Å². The van der Waals surface area contributed by atoms with Crippen LogP contribution in [0.2, 0.25) is 5.02 Å². The fourth-order valence-electron chi connectivity index (χ4n) is 3.14. The van der Waals surface area contributed by atoms with E-state index in [9.17, 15) is 4.79 Å². The van der Waals surface area contributed by atoms with Crippen molar-refractivity contribution in [3.63, 3.8) is 0 Å². The first-order chi connectivity index (χ1) is 13.2. The van der Waals surface area contributed by atoms with E-state index < -0.39 is 0 Å². The van der Waals surface area contributed by atoms with Crippen LogP contribution < -0.4 is 10.2 Å². The third kappa shape index (κ3) is 3.90. The van der Waals surface area contributed by atoms with Gasteiger partial charge in [-0.25, -0.2) is 4.98 Å². The Labute approximate surface area is 161 Å². The fraction of sp³-hybridized carbons (Fsp3) is 0.278. The van der Waals surface area contributed by atoms with E-state index in [-0.39, 0.29) is 11.8 Å². The first-order valence-corrected chi connectivity index (χ1v) is 9.09. The highest BCUT2D eigenvalue weighted by atomic mass is 35.5. The predicted octanol–water partition coefficient (Wildman–Crippen LogP) is 2.57. The van der Waals surface area contributed by atoms with Crippen LogP contribution in [0.25, 0.3) is 5.69 Å². The number of benzene rings is 1. The Morgan fingerprint density at radius 3 is 2.59 bits per heavy atom. The van der Waals surface area contributed by atoms with Crippen LogP contribution in [0, 0.1) is 5.92 Å². The molecule has 0 bridgehead atoms. The number of carbonyl (C=O) groups excluding carboxylic acids is 1. The van der Waals surface area contributed by atoms with Gasteiger partial charge in [-0.1, -0.05) is 34.9 Å². The number of para-hydroxylation sites is 1. The molecule has 9 heteroatoms. The summed E-state index contributed by atoms with van der Waals surface area (Å²) in [5.74, 6) is 1.12. The molecule has 1 N–H and O–H groups in total. The van der Waals surface area contributed by atoms with Crippen molar-refractivity contribution in [1.29, 1.82) is 0 Å². The summed E-state index contributed by atoms with van der Waals surface area (Å²) in [7, 11) is 0. The number of piperidine rings is 1. The van der Waals surface area contributed by atoms with Gasteiger partial charge < -0.3 is 10.2 Å². The van der Waals surface area contributed by atoms with Gasteiger partial charge in [-0.3, -0.25) is 4.79 Å². The number of amides is 1. The van der Waals surface area contributed by atoms with Gasteiger partial charge in [0.2, 0.25) is 11.9 Å². The van der Waals surface area contributed by atoms with Crippen LogP contribution in [-0.4, -0.2) is 44.2 Å². The molecule has 1 saturated heterocycles. The Bertz CT molecular complexity index is 905. The zero-order valence-electron chi connectivity index (χ0n) is 14.5. The lowest BCUT2D eigenvalue weighted by Crippen LogP contribution is -2.39. The van der Waals surface area contributed by atoms with Crippen LogP contribution in [0.4, 0.5) is 11.8 Å². The number of tetrazole rings is 1. The molecule has 4 rings (SSSR count). The number of nitrogens with zero attached hydrogens (tertiary/aromatic N) is 6. The highest BCUT2D eigenvalue weighted by Crippen LogP contribution is 2.24. The first-order valence-electron chi connectivity index (χ1n) is 8.72. The average molecular weight is 384 g/mol. The van der Waals surface area contributed by atoms with Crippen molar-refractivity contribution in [1.82, 2.24) is 25.2 Å². The highest BCUT2D eigenvalue weighted by Gasteiger charge is 2.28. The Hall–Kier alpha value is -3.00. The Balaban J connectivity index is 1.39. The van der Waals surface area contributed by atoms with E-state index in [0.717, 1.165) is 18.5 Å². The lowest BCUT2D eigenvalue weighted by molar-refractivity contribution is -0.120. The van der Waals surface area contributed by atoms with Gasteiger partial charge in [-0.2, -0.15) is 4.68 Å². The molecule has 1 aliphatic rings. The second-order valence-electron chi connectivity index (χ2n) is 6.34. The molecule has 1 fully saturated rings. The van der Waals surface area contributed by atoms with E-state index >= 15 is 0 Å². The second kappa shape index (κ2) is 7.71. The number of halogens is 1. The molecule has 0 atom stereocenters. The summed E-state index contributed by atoms with van der Waals surface area (Å²) in [4.78, 5) is 18.7. The smallest absolute Gasteiger partial charge is 0.250 e. The number of hydrogen-bond acceptors (Lipinski definition) is 6. The summed E-state index contributed by atoms with van der Waals surface area (Å²) < 4.78 is 1.72. The molecule has 1 aromatic carbocycles. The SMILES string of the molecule is O=C(Nc1ccc(Cl)cn1)C1CCN(c2nnnn2-c2ccccc2)CC1. The summed E-state index contributed by atoms with van der Waals surface area (Å²) in [5, 5.41) is 15.5. The molecular weight excluding hydrogens is 366 g/mol. The molecule has 3 aromatic rings. The van der Waals surface area contributed by atoms with Crippen LogP contribution in [0.3, 0.4) is 0 Å². The predicted molar refractivity (Wildman–Crippen MR) is 102 cm³/mol. The molecule has 2 aromatic heterocycles. The summed E-state index contributed by atoms with van der Waals surface area (Å²) in [5.41, 5.74) is 0.908. The molecule has 138 valence electrons. The molecule has 8 nitrogen and oxygen atoms in total. The maximum absolute atomic E-state index is 12.5. The van der Waals surface area contributed by atoms with Crippen LogP contribution in [0.15, 0.2) is 48.7 Å². The molecule has 0 spiro atoms. The summed E-state index contributed by atoms with van der Waals surface area (Å²) in [6, 6.07) is 13.2. The van der Waals surface area contributed by atoms with Crippen molar-refractivity contribution >= 4 is 29.3 Å². The van der Waals surface area contributed by atoms with Crippen LogP contribution in [0.5, 0.6) is 0 Å². The first kappa shape index (κ1) is 17.4. The third-order valence-electron chi connectivity index (χ3n) is 4.58. The Kier molecular flexibility index (Phi) is 4.97. The van der Waals surface area contributed by atoms with Gasteiger partial charge in [0.1, 0.15) is 5.82 Å². The number of pyridine rings is 1. The number of rotatable bonds is 4. The van der Waals surface area contributed by atoms with Gasteiger partial charge in [0.15, 0.2) is 0 Å². The van der Waals surface area contributed by atoms with Gasteiger partial charge >= 0.3 is 0 Å². The lowest BCUT2D eigenvalue weighted by Gasteiger charge is -2.31. The number of carbonyl (C=O) groups is 1. The van der Waals surface area contributed by atoms with Gasteiger partial charge in [-0.05, 0) is 47.5 Å². The lowest BCUT2D eigenvalue weighted by atomic mass is 9.96. The van der Waals surface area contributed by atoms with Crippen LogP contribution in [-0.2, 0) is 4.79 Å². The minimum Gasteiger partial charge on any atom is -0.339 e. The zero-order valence-corrected chi connectivity index (χ0v) is 15.3. The van der Waals surface area contributed by atoms with Crippen molar-refractivity contribution in [3.8, 4) is 5.69 Å².